The number of benzene rings is 2. The number of fused-ring (bicyclic) bond motifs is 2. The van der Waals surface area contributed by atoms with E-state index in [1.54, 1.807) is 0 Å². The normalized spacial score (nSPS) is 11.3. The molecule has 1 heterocycles. The van der Waals surface area contributed by atoms with Crippen LogP contribution in [0.15, 0.2) is 48.5 Å². The van der Waals surface area contributed by atoms with E-state index >= 15 is 0 Å². The van der Waals surface area contributed by atoms with Gasteiger partial charge in [0.25, 0.3) is 0 Å². The van der Waals surface area contributed by atoms with Gasteiger partial charge in [-0.3, -0.25) is 0 Å². The Bertz CT molecular complexity index is 677. The molecule has 0 atom stereocenters. The zero-order chi connectivity index (χ0) is 13.2. The molecule has 0 spiro atoms. The van der Waals surface area contributed by atoms with Gasteiger partial charge in [0.1, 0.15) is 7.05 Å². The summed E-state index contributed by atoms with van der Waals surface area (Å²) in [6, 6.07) is 17.0. The fraction of sp³-hybridized carbons (Fsp3) is 0.235. The lowest BCUT2D eigenvalue weighted by atomic mass is 9.98. The quantitative estimate of drug-likeness (QED) is 0.562. The summed E-state index contributed by atoms with van der Waals surface area (Å²) in [4.78, 5) is 0. The van der Waals surface area contributed by atoms with Crippen LogP contribution in [0, 0.1) is 0 Å². The number of rotatable bonds is 3. The number of hydrogen-bond acceptors (Lipinski definition) is 1. The van der Waals surface area contributed by atoms with E-state index in [1.807, 2.05) is 0 Å². The van der Waals surface area contributed by atoms with Crippen LogP contribution in [0.1, 0.15) is 12.0 Å². The van der Waals surface area contributed by atoms with E-state index in [2.05, 4.69) is 60.1 Å². The van der Waals surface area contributed by atoms with Gasteiger partial charge in [0.15, 0.2) is 0 Å². The molecule has 0 saturated carbocycles. The summed E-state index contributed by atoms with van der Waals surface area (Å²) in [6.07, 6.45) is 1.72. The van der Waals surface area contributed by atoms with Crippen molar-refractivity contribution in [3.05, 3.63) is 54.1 Å². The maximum absolute atomic E-state index is 9.12. The average Bonchev–Trinajstić information content (AvgIpc) is 2.47. The van der Waals surface area contributed by atoms with Gasteiger partial charge < -0.3 is 5.11 Å². The van der Waals surface area contributed by atoms with E-state index in [-0.39, 0.29) is 6.61 Å². The first kappa shape index (κ1) is 12.1. The number of nitrogens with zero attached hydrogens (tertiary/aromatic N) is 1. The third-order valence-corrected chi connectivity index (χ3v) is 3.77. The van der Waals surface area contributed by atoms with Crippen LogP contribution in [0.3, 0.4) is 0 Å². The first-order chi connectivity index (χ1) is 9.33. The van der Waals surface area contributed by atoms with Crippen molar-refractivity contribution in [2.75, 3.05) is 6.61 Å². The number of hydrogen-bond donors (Lipinski definition) is 1. The first-order valence-electron chi connectivity index (χ1n) is 6.72. The highest BCUT2D eigenvalue weighted by molar-refractivity contribution is 5.93. The molecule has 0 unspecified atom stereocenters. The molecule has 2 aromatic carbocycles. The molecule has 19 heavy (non-hydrogen) atoms. The van der Waals surface area contributed by atoms with Crippen LogP contribution in [-0.2, 0) is 13.5 Å². The molecule has 1 N–H and O–H groups in total. The molecule has 0 bridgehead atoms. The zero-order valence-electron chi connectivity index (χ0n) is 11.1. The molecule has 1 aromatic heterocycles. The van der Waals surface area contributed by atoms with E-state index < -0.39 is 0 Å². The van der Waals surface area contributed by atoms with E-state index in [0.29, 0.717) is 0 Å². The van der Waals surface area contributed by atoms with Crippen LogP contribution in [0.5, 0.6) is 0 Å². The third kappa shape index (κ3) is 1.98. The molecule has 0 aliphatic carbocycles. The number of pyridine rings is 1. The average molecular weight is 252 g/mol. The number of aliphatic hydroxyl groups excluding tert-OH is 1. The minimum atomic E-state index is 0.240. The lowest BCUT2D eigenvalue weighted by Crippen LogP contribution is -2.30. The number of aromatic nitrogens is 1. The molecule has 0 aliphatic rings. The van der Waals surface area contributed by atoms with Crippen LogP contribution >= 0.6 is 0 Å². The lowest BCUT2D eigenvalue weighted by molar-refractivity contribution is -0.617. The van der Waals surface area contributed by atoms with E-state index in [4.69, 9.17) is 5.11 Å². The van der Waals surface area contributed by atoms with Gasteiger partial charge in [0.05, 0.1) is 10.8 Å². The van der Waals surface area contributed by atoms with Crippen molar-refractivity contribution in [2.45, 2.75) is 12.8 Å². The van der Waals surface area contributed by atoms with Gasteiger partial charge in [-0.25, -0.2) is 0 Å². The fourth-order valence-corrected chi connectivity index (χ4v) is 2.84. The van der Waals surface area contributed by atoms with E-state index in [0.717, 1.165) is 12.8 Å². The Hall–Kier alpha value is -1.93. The first-order valence-corrected chi connectivity index (χ1v) is 6.72. The monoisotopic (exact) mass is 252 g/mol. The second-order valence-electron chi connectivity index (χ2n) is 4.90. The molecular weight excluding hydrogens is 234 g/mol. The Kier molecular flexibility index (Phi) is 3.18. The van der Waals surface area contributed by atoms with Crippen LogP contribution in [-0.4, -0.2) is 11.7 Å². The second-order valence-corrected chi connectivity index (χ2v) is 4.90. The number of aryl methyl sites for hydroxylation is 2. The van der Waals surface area contributed by atoms with Crippen LogP contribution in [0.2, 0.25) is 0 Å². The standard InChI is InChI=1S/C17H18NO/c1-18-16-10-4-2-7-14(16)13(9-6-12-19)15-8-3-5-11-17(15)18/h2-5,7-8,10-11,19H,6,9,12H2,1H3/q+1. The van der Waals surface area contributed by atoms with Gasteiger partial charge in [0.2, 0.25) is 11.0 Å². The van der Waals surface area contributed by atoms with Crippen molar-refractivity contribution in [2.24, 2.45) is 7.05 Å². The maximum atomic E-state index is 9.12. The molecule has 0 saturated heterocycles. The Morgan fingerprint density at radius 1 is 0.895 bits per heavy atom. The van der Waals surface area contributed by atoms with Crippen molar-refractivity contribution >= 4 is 21.8 Å². The second kappa shape index (κ2) is 4.98. The van der Waals surface area contributed by atoms with Crippen LogP contribution < -0.4 is 4.57 Å². The number of aliphatic hydroxyl groups is 1. The van der Waals surface area contributed by atoms with Crippen molar-refractivity contribution in [1.29, 1.82) is 0 Å². The Balaban J connectivity index is 2.42. The van der Waals surface area contributed by atoms with Crippen LogP contribution in [0.4, 0.5) is 0 Å². The third-order valence-electron chi connectivity index (χ3n) is 3.77. The van der Waals surface area contributed by atoms with Crippen molar-refractivity contribution in [3.8, 4) is 0 Å². The topological polar surface area (TPSA) is 24.1 Å². The minimum absolute atomic E-state index is 0.240. The molecule has 0 fully saturated rings. The van der Waals surface area contributed by atoms with E-state index in [1.165, 1.54) is 27.4 Å². The summed E-state index contributed by atoms with van der Waals surface area (Å²) in [7, 11) is 2.11. The molecule has 0 aliphatic heterocycles. The molecule has 96 valence electrons. The van der Waals surface area contributed by atoms with Gasteiger partial charge in [-0.05, 0) is 30.5 Å². The summed E-state index contributed by atoms with van der Waals surface area (Å²) in [5.74, 6) is 0. The van der Waals surface area contributed by atoms with Crippen molar-refractivity contribution < 1.29 is 9.67 Å². The zero-order valence-corrected chi connectivity index (χ0v) is 11.1. The highest BCUT2D eigenvalue weighted by atomic mass is 16.2. The molecule has 2 heteroatoms. The lowest BCUT2D eigenvalue weighted by Gasteiger charge is -2.09. The smallest absolute Gasteiger partial charge is 0.213 e. The SMILES string of the molecule is C[n+]1c2ccccc2c(CCCO)c2ccccc21. The van der Waals surface area contributed by atoms with Crippen molar-refractivity contribution in [3.63, 3.8) is 0 Å². The Morgan fingerprint density at radius 3 is 1.95 bits per heavy atom. The fourth-order valence-electron chi connectivity index (χ4n) is 2.84. The highest BCUT2D eigenvalue weighted by Gasteiger charge is 2.16. The van der Waals surface area contributed by atoms with Crippen molar-refractivity contribution in [1.82, 2.24) is 0 Å². The molecule has 2 nitrogen and oxygen atoms in total. The van der Waals surface area contributed by atoms with Gasteiger partial charge in [-0.1, -0.05) is 24.3 Å². The van der Waals surface area contributed by atoms with Crippen LogP contribution in [0.25, 0.3) is 21.8 Å². The molecular formula is C17H18NO+. The van der Waals surface area contributed by atoms with Gasteiger partial charge >= 0.3 is 0 Å². The molecule has 3 aromatic rings. The van der Waals surface area contributed by atoms with Gasteiger partial charge in [-0.2, -0.15) is 4.57 Å². The molecule has 3 rings (SSSR count). The van der Waals surface area contributed by atoms with Gasteiger partial charge in [-0.15, -0.1) is 0 Å². The predicted octanol–water partition coefficient (Wildman–Crippen LogP) is 2.74. The molecule has 0 radical (unpaired) electrons. The minimum Gasteiger partial charge on any atom is -0.396 e. The molecule has 0 amide bonds. The van der Waals surface area contributed by atoms with E-state index in [9.17, 15) is 0 Å². The highest BCUT2D eigenvalue weighted by Crippen LogP contribution is 2.25. The van der Waals surface area contributed by atoms with Gasteiger partial charge in [0, 0.05) is 18.7 Å². The number of para-hydroxylation sites is 2. The Morgan fingerprint density at radius 2 is 1.42 bits per heavy atom. The predicted molar refractivity (Wildman–Crippen MR) is 78.0 cm³/mol. The maximum Gasteiger partial charge on any atom is 0.213 e. The summed E-state index contributed by atoms with van der Waals surface area (Å²) in [6.45, 7) is 0.240. The summed E-state index contributed by atoms with van der Waals surface area (Å²) in [5, 5.41) is 11.7. The largest absolute Gasteiger partial charge is 0.396 e. The summed E-state index contributed by atoms with van der Waals surface area (Å²) in [5.41, 5.74) is 3.83. The Labute approximate surface area is 112 Å². The summed E-state index contributed by atoms with van der Waals surface area (Å²) < 4.78 is 2.24. The summed E-state index contributed by atoms with van der Waals surface area (Å²) >= 11 is 0.